The van der Waals surface area contributed by atoms with Crippen LogP contribution in [0.25, 0.3) is 10.9 Å². The fraction of sp³-hybridized carbons (Fsp3) is 0.429. The summed E-state index contributed by atoms with van der Waals surface area (Å²) < 4.78 is 7.65. The Labute approximate surface area is 230 Å². The van der Waals surface area contributed by atoms with E-state index in [0.717, 1.165) is 42.5 Å². The quantitative estimate of drug-likeness (QED) is 0.262. The fourth-order valence-electron chi connectivity index (χ4n) is 5.74. The van der Waals surface area contributed by atoms with Crippen molar-refractivity contribution in [3.63, 3.8) is 0 Å². The molecule has 2 atom stereocenters. The highest BCUT2D eigenvalue weighted by Crippen LogP contribution is 2.30. The zero-order chi connectivity index (χ0) is 27.6. The van der Waals surface area contributed by atoms with Gasteiger partial charge in [-0.15, -0.1) is 5.10 Å². The number of hydrogen-bond donors (Lipinski definition) is 1. The van der Waals surface area contributed by atoms with E-state index in [0.29, 0.717) is 44.1 Å². The SMILES string of the molecule is CCc1ccc2[nH]c(=O)c(C(c3nnnn3CC3CCCO3)N3CCN(c4ccc([N+](=O)[O-])cc4)CC3)cc2c1. The van der Waals surface area contributed by atoms with Crippen LogP contribution in [0.1, 0.15) is 42.8 Å². The average molecular weight is 545 g/mol. The van der Waals surface area contributed by atoms with E-state index in [1.807, 2.05) is 18.2 Å². The van der Waals surface area contributed by atoms with E-state index in [1.54, 1.807) is 16.8 Å². The van der Waals surface area contributed by atoms with Crippen molar-refractivity contribution in [2.45, 2.75) is 44.9 Å². The van der Waals surface area contributed by atoms with Gasteiger partial charge in [-0.3, -0.25) is 19.8 Å². The minimum Gasteiger partial charge on any atom is -0.376 e. The molecule has 2 aliphatic rings. The van der Waals surface area contributed by atoms with Gasteiger partial charge in [-0.25, -0.2) is 4.68 Å². The summed E-state index contributed by atoms with van der Waals surface area (Å²) >= 11 is 0. The summed E-state index contributed by atoms with van der Waals surface area (Å²) in [5.41, 5.74) is 3.44. The molecule has 40 heavy (non-hydrogen) atoms. The van der Waals surface area contributed by atoms with Gasteiger partial charge in [-0.2, -0.15) is 0 Å². The summed E-state index contributed by atoms with van der Waals surface area (Å²) in [5.74, 6) is 0.621. The Bertz CT molecular complexity index is 1550. The van der Waals surface area contributed by atoms with Crippen molar-refractivity contribution in [1.29, 1.82) is 0 Å². The first kappa shape index (κ1) is 26.1. The molecule has 0 saturated carbocycles. The molecule has 2 aromatic heterocycles. The standard InChI is InChI=1S/C28H32N8O4/c1-2-19-5-10-25-20(16-19)17-24(28(37)29-25)26(27-30-31-32-35(27)18-23-4-3-15-40-23)34-13-11-33(12-14-34)21-6-8-22(9-7-21)36(38)39/h5-10,16-17,23,26H,2-4,11-15,18H2,1H3,(H,29,37). The number of rotatable bonds is 8. The van der Waals surface area contributed by atoms with Crippen molar-refractivity contribution in [2.24, 2.45) is 0 Å². The molecule has 0 spiro atoms. The molecule has 12 heteroatoms. The van der Waals surface area contributed by atoms with E-state index < -0.39 is 11.0 Å². The number of tetrazole rings is 1. The van der Waals surface area contributed by atoms with Gasteiger partial charge < -0.3 is 14.6 Å². The number of nitro benzene ring substituents is 1. The van der Waals surface area contributed by atoms with Crippen molar-refractivity contribution in [3.8, 4) is 0 Å². The van der Waals surface area contributed by atoms with E-state index >= 15 is 0 Å². The van der Waals surface area contributed by atoms with Crippen molar-refractivity contribution < 1.29 is 9.66 Å². The molecule has 2 saturated heterocycles. The van der Waals surface area contributed by atoms with Gasteiger partial charge in [0, 0.05) is 61.7 Å². The van der Waals surface area contributed by atoms with Crippen molar-refractivity contribution in [1.82, 2.24) is 30.1 Å². The molecule has 2 unspecified atom stereocenters. The third-order valence-corrected chi connectivity index (χ3v) is 7.95. The third-order valence-electron chi connectivity index (χ3n) is 7.95. The number of aromatic amines is 1. The van der Waals surface area contributed by atoms with Gasteiger partial charge in [0.2, 0.25) is 0 Å². The number of fused-ring (bicyclic) bond motifs is 1. The second-order valence-electron chi connectivity index (χ2n) is 10.4. The Morgan fingerprint density at radius 3 is 2.62 bits per heavy atom. The minimum atomic E-state index is -0.450. The molecule has 0 radical (unpaired) electrons. The van der Waals surface area contributed by atoms with Gasteiger partial charge in [0.05, 0.1) is 17.6 Å². The van der Waals surface area contributed by atoms with Crippen LogP contribution in [0.2, 0.25) is 0 Å². The van der Waals surface area contributed by atoms with E-state index in [9.17, 15) is 14.9 Å². The lowest BCUT2D eigenvalue weighted by Crippen LogP contribution is -2.49. The van der Waals surface area contributed by atoms with Crippen LogP contribution in [-0.2, 0) is 17.7 Å². The number of ether oxygens (including phenoxy) is 1. The monoisotopic (exact) mass is 544 g/mol. The summed E-state index contributed by atoms with van der Waals surface area (Å²) in [6.45, 7) is 6.07. The van der Waals surface area contributed by atoms with E-state index in [1.165, 1.54) is 17.7 Å². The molecule has 0 bridgehead atoms. The summed E-state index contributed by atoms with van der Waals surface area (Å²) in [6.07, 6.45) is 2.91. The summed E-state index contributed by atoms with van der Waals surface area (Å²) in [7, 11) is 0. The van der Waals surface area contributed by atoms with Gasteiger partial charge in [0.25, 0.3) is 11.2 Å². The Balaban J connectivity index is 1.34. The normalized spacial score (nSPS) is 18.8. The van der Waals surface area contributed by atoms with Crippen LogP contribution in [-0.4, -0.2) is 73.9 Å². The molecule has 0 aliphatic carbocycles. The maximum absolute atomic E-state index is 13.5. The largest absolute Gasteiger partial charge is 0.376 e. The molecule has 6 rings (SSSR count). The molecular weight excluding hydrogens is 512 g/mol. The van der Waals surface area contributed by atoms with Gasteiger partial charge >= 0.3 is 0 Å². The molecule has 0 amide bonds. The highest BCUT2D eigenvalue weighted by molar-refractivity contribution is 5.80. The molecule has 12 nitrogen and oxygen atoms in total. The first-order valence-corrected chi connectivity index (χ1v) is 13.8. The molecule has 1 N–H and O–H groups in total. The van der Waals surface area contributed by atoms with Crippen molar-refractivity contribution >= 4 is 22.3 Å². The second-order valence-corrected chi connectivity index (χ2v) is 10.4. The number of pyridine rings is 1. The van der Waals surface area contributed by atoms with E-state index in [2.05, 4.69) is 43.3 Å². The smallest absolute Gasteiger partial charge is 0.269 e. The number of H-pyrrole nitrogens is 1. The van der Waals surface area contributed by atoms with Crippen LogP contribution in [0.15, 0.2) is 53.3 Å². The summed E-state index contributed by atoms with van der Waals surface area (Å²) in [6, 6.07) is 14.3. The fourth-order valence-corrected chi connectivity index (χ4v) is 5.74. The number of non-ortho nitro benzene ring substituents is 1. The Morgan fingerprint density at radius 2 is 1.93 bits per heavy atom. The van der Waals surface area contributed by atoms with E-state index in [4.69, 9.17) is 4.74 Å². The molecule has 2 aliphatic heterocycles. The number of nitrogens with one attached hydrogen (secondary N) is 1. The zero-order valence-electron chi connectivity index (χ0n) is 22.4. The second kappa shape index (κ2) is 11.1. The molecule has 208 valence electrons. The highest BCUT2D eigenvalue weighted by atomic mass is 16.6. The molecule has 4 aromatic rings. The van der Waals surface area contributed by atoms with Gasteiger partial charge in [0.15, 0.2) is 5.82 Å². The third kappa shape index (κ3) is 5.19. The lowest BCUT2D eigenvalue weighted by Gasteiger charge is -2.39. The Kier molecular flexibility index (Phi) is 7.27. The number of anilines is 1. The summed E-state index contributed by atoms with van der Waals surface area (Å²) in [4.78, 5) is 31.8. The number of aryl methyl sites for hydroxylation is 1. The van der Waals surface area contributed by atoms with Crippen molar-refractivity contribution in [2.75, 3.05) is 37.7 Å². The topological polar surface area (TPSA) is 135 Å². The maximum atomic E-state index is 13.5. The number of piperazine rings is 1. The predicted molar refractivity (Wildman–Crippen MR) is 149 cm³/mol. The number of hydrogen-bond acceptors (Lipinski definition) is 9. The number of nitro groups is 1. The number of aromatic nitrogens is 5. The highest BCUT2D eigenvalue weighted by Gasteiger charge is 2.33. The lowest BCUT2D eigenvalue weighted by molar-refractivity contribution is -0.384. The van der Waals surface area contributed by atoms with Crippen LogP contribution in [0.4, 0.5) is 11.4 Å². The Morgan fingerprint density at radius 1 is 1.12 bits per heavy atom. The first-order valence-electron chi connectivity index (χ1n) is 13.8. The number of nitrogens with zero attached hydrogens (tertiary/aromatic N) is 7. The molecule has 4 heterocycles. The number of benzene rings is 2. The summed E-state index contributed by atoms with van der Waals surface area (Å²) in [5, 5.41) is 24.8. The predicted octanol–water partition coefficient (Wildman–Crippen LogP) is 3.08. The van der Waals surface area contributed by atoms with Crippen LogP contribution < -0.4 is 10.5 Å². The minimum absolute atomic E-state index is 0.0453. The Hall–Kier alpha value is -4.16. The van der Waals surface area contributed by atoms with E-state index in [-0.39, 0.29) is 17.4 Å². The maximum Gasteiger partial charge on any atom is 0.269 e. The average Bonchev–Trinajstić information content (AvgIpc) is 3.66. The van der Waals surface area contributed by atoms with Gasteiger partial charge in [-0.05, 0) is 71.0 Å². The zero-order valence-corrected chi connectivity index (χ0v) is 22.4. The van der Waals surface area contributed by atoms with Crippen molar-refractivity contribution in [3.05, 3.63) is 86.0 Å². The molecule has 2 aromatic carbocycles. The first-order chi connectivity index (χ1) is 19.5. The van der Waals surface area contributed by atoms with Crippen LogP contribution in [0.3, 0.4) is 0 Å². The van der Waals surface area contributed by atoms with Crippen LogP contribution >= 0.6 is 0 Å². The van der Waals surface area contributed by atoms with Crippen LogP contribution in [0.5, 0.6) is 0 Å². The molecular formula is C28H32N8O4. The van der Waals surface area contributed by atoms with Gasteiger partial charge in [0.1, 0.15) is 6.04 Å². The molecule has 2 fully saturated rings. The van der Waals surface area contributed by atoms with Crippen LogP contribution in [0, 0.1) is 10.1 Å². The lowest BCUT2D eigenvalue weighted by atomic mass is 10.0. The van der Waals surface area contributed by atoms with Gasteiger partial charge in [-0.1, -0.05) is 13.0 Å².